The lowest BCUT2D eigenvalue weighted by Crippen LogP contribution is -2.39. The smallest absolute Gasteiger partial charge is 0.356 e. The van der Waals surface area contributed by atoms with E-state index in [0.717, 1.165) is 0 Å². The summed E-state index contributed by atoms with van der Waals surface area (Å²) in [5.41, 5.74) is -0.156. The van der Waals surface area contributed by atoms with E-state index in [0.29, 0.717) is 5.82 Å². The highest BCUT2D eigenvalue weighted by Gasteiger charge is 2.34. The lowest BCUT2D eigenvalue weighted by atomic mass is 10.1. The Bertz CT molecular complexity index is 412. The average molecular weight is 243 g/mol. The van der Waals surface area contributed by atoms with Gasteiger partial charge in [0.2, 0.25) is 0 Å². The van der Waals surface area contributed by atoms with E-state index in [1.807, 2.05) is 0 Å². The second-order valence-corrected chi connectivity index (χ2v) is 3.92. The van der Waals surface area contributed by atoms with Crippen molar-refractivity contribution in [3.05, 3.63) is 17.8 Å². The molecule has 0 aliphatic carbocycles. The summed E-state index contributed by atoms with van der Waals surface area (Å²) in [7, 11) is 0. The predicted molar refractivity (Wildman–Crippen MR) is 55.4 cm³/mol. The van der Waals surface area contributed by atoms with Crippen LogP contribution in [0.1, 0.15) is 23.3 Å². The van der Waals surface area contributed by atoms with E-state index in [4.69, 9.17) is 5.11 Å². The number of aromatic nitrogens is 2. The summed E-state index contributed by atoms with van der Waals surface area (Å²) in [5, 5.41) is 15.9. The summed E-state index contributed by atoms with van der Waals surface area (Å²) in [4.78, 5) is 12.2. The quantitative estimate of drug-likeness (QED) is 0.850. The molecular formula is C10H11F2N3O2. The molecule has 1 N–H and O–H groups in total. The molecule has 1 fully saturated rings. The minimum atomic E-state index is -2.61. The molecule has 1 saturated heterocycles. The zero-order chi connectivity index (χ0) is 12.5. The van der Waals surface area contributed by atoms with Crippen molar-refractivity contribution >= 4 is 11.8 Å². The molecule has 1 aliphatic heterocycles. The van der Waals surface area contributed by atoms with Crippen LogP contribution in [0.3, 0.4) is 0 Å². The van der Waals surface area contributed by atoms with Gasteiger partial charge in [0.05, 0.1) is 0 Å². The lowest BCUT2D eigenvalue weighted by Gasteiger charge is -2.32. The maximum atomic E-state index is 12.9. The number of hydrogen-bond acceptors (Lipinski definition) is 4. The van der Waals surface area contributed by atoms with Crippen LogP contribution in [0.25, 0.3) is 0 Å². The van der Waals surface area contributed by atoms with E-state index >= 15 is 0 Å². The first-order valence-corrected chi connectivity index (χ1v) is 5.18. The zero-order valence-corrected chi connectivity index (χ0v) is 8.94. The molecule has 1 aromatic rings. The highest BCUT2D eigenvalue weighted by atomic mass is 19.3. The van der Waals surface area contributed by atoms with Crippen molar-refractivity contribution in [2.45, 2.75) is 18.8 Å². The number of aromatic carboxylic acids is 1. The topological polar surface area (TPSA) is 66.3 Å². The van der Waals surface area contributed by atoms with Gasteiger partial charge in [0.25, 0.3) is 5.92 Å². The number of carboxylic acid groups (broad SMARTS) is 1. The van der Waals surface area contributed by atoms with Gasteiger partial charge >= 0.3 is 5.97 Å². The summed E-state index contributed by atoms with van der Waals surface area (Å²) in [6.07, 6.45) is -0.426. The summed E-state index contributed by atoms with van der Waals surface area (Å²) >= 11 is 0. The maximum absolute atomic E-state index is 12.9. The predicted octanol–water partition coefficient (Wildman–Crippen LogP) is 1.41. The summed E-state index contributed by atoms with van der Waals surface area (Å²) in [6.45, 7) is 0.405. The van der Waals surface area contributed by atoms with E-state index in [2.05, 4.69) is 10.2 Å². The highest BCUT2D eigenvalue weighted by Crippen LogP contribution is 2.29. The molecule has 0 spiro atoms. The van der Waals surface area contributed by atoms with Crippen molar-refractivity contribution < 1.29 is 18.7 Å². The van der Waals surface area contributed by atoms with Crippen LogP contribution in [-0.4, -0.2) is 40.3 Å². The Hall–Kier alpha value is -1.79. The number of anilines is 1. The number of carbonyl (C=O) groups is 1. The molecular weight excluding hydrogens is 232 g/mol. The van der Waals surface area contributed by atoms with Crippen molar-refractivity contribution in [1.29, 1.82) is 0 Å². The van der Waals surface area contributed by atoms with Crippen molar-refractivity contribution in [1.82, 2.24) is 10.2 Å². The molecule has 0 saturated carbocycles. The SMILES string of the molecule is O=C(O)c1ccc(N2CCC(F)(F)CC2)nn1. The van der Waals surface area contributed by atoms with E-state index in [-0.39, 0.29) is 31.6 Å². The first-order chi connectivity index (χ1) is 7.98. The van der Waals surface area contributed by atoms with Crippen molar-refractivity contribution in [3.8, 4) is 0 Å². The molecule has 0 bridgehead atoms. The van der Waals surface area contributed by atoms with Gasteiger partial charge in [-0.3, -0.25) is 0 Å². The fourth-order valence-corrected chi connectivity index (χ4v) is 1.67. The van der Waals surface area contributed by atoms with Gasteiger partial charge in [-0.25, -0.2) is 13.6 Å². The van der Waals surface area contributed by atoms with Gasteiger partial charge in [0, 0.05) is 25.9 Å². The van der Waals surface area contributed by atoms with Gasteiger partial charge in [-0.15, -0.1) is 10.2 Å². The van der Waals surface area contributed by atoms with Crippen LogP contribution in [0.4, 0.5) is 14.6 Å². The first-order valence-electron chi connectivity index (χ1n) is 5.18. The highest BCUT2D eigenvalue weighted by molar-refractivity contribution is 5.85. The Balaban J connectivity index is 2.06. The second kappa shape index (κ2) is 4.23. The molecule has 5 nitrogen and oxygen atoms in total. The molecule has 0 atom stereocenters. The standard InChI is InChI=1S/C10H11F2N3O2/c11-10(12)3-5-15(6-4-10)8-2-1-7(9(16)17)13-14-8/h1-2H,3-6H2,(H,16,17). The fourth-order valence-electron chi connectivity index (χ4n) is 1.67. The first kappa shape index (κ1) is 11.7. The summed E-state index contributed by atoms with van der Waals surface area (Å²) in [5.74, 6) is -3.33. The third kappa shape index (κ3) is 2.66. The fraction of sp³-hybridized carbons (Fsp3) is 0.500. The van der Waals surface area contributed by atoms with Gasteiger partial charge < -0.3 is 10.0 Å². The monoisotopic (exact) mass is 243 g/mol. The summed E-state index contributed by atoms with van der Waals surface area (Å²) in [6, 6.07) is 2.80. The number of alkyl halides is 2. The van der Waals surface area contributed by atoms with Crippen molar-refractivity contribution in [2.24, 2.45) is 0 Å². The third-order valence-corrected chi connectivity index (χ3v) is 2.69. The Morgan fingerprint density at radius 1 is 1.29 bits per heavy atom. The van der Waals surface area contributed by atoms with Crippen LogP contribution in [0.2, 0.25) is 0 Å². The van der Waals surface area contributed by atoms with Crippen molar-refractivity contribution in [2.75, 3.05) is 18.0 Å². The number of halogens is 2. The molecule has 0 radical (unpaired) electrons. The van der Waals surface area contributed by atoms with Crippen LogP contribution >= 0.6 is 0 Å². The van der Waals surface area contributed by atoms with E-state index < -0.39 is 11.9 Å². The van der Waals surface area contributed by atoms with Crippen LogP contribution in [-0.2, 0) is 0 Å². The third-order valence-electron chi connectivity index (χ3n) is 2.69. The van der Waals surface area contributed by atoms with E-state index in [9.17, 15) is 13.6 Å². The molecule has 2 heterocycles. The normalized spacial score (nSPS) is 19.1. The van der Waals surface area contributed by atoms with Crippen LogP contribution in [0.5, 0.6) is 0 Å². The lowest BCUT2D eigenvalue weighted by molar-refractivity contribution is -0.0221. The van der Waals surface area contributed by atoms with Crippen molar-refractivity contribution in [3.63, 3.8) is 0 Å². The molecule has 17 heavy (non-hydrogen) atoms. The summed E-state index contributed by atoms with van der Waals surface area (Å²) < 4.78 is 25.8. The molecule has 92 valence electrons. The minimum absolute atomic E-state index is 0.156. The molecule has 2 rings (SSSR count). The van der Waals surface area contributed by atoms with Gasteiger partial charge in [0.1, 0.15) is 0 Å². The van der Waals surface area contributed by atoms with Gasteiger partial charge in [0.15, 0.2) is 11.5 Å². The van der Waals surface area contributed by atoms with Crippen LogP contribution < -0.4 is 4.90 Å². The van der Waals surface area contributed by atoms with E-state index in [1.165, 1.54) is 12.1 Å². The number of carboxylic acids is 1. The molecule has 1 aromatic heterocycles. The van der Waals surface area contributed by atoms with Crippen LogP contribution in [0.15, 0.2) is 12.1 Å². The van der Waals surface area contributed by atoms with E-state index in [1.54, 1.807) is 4.90 Å². The Morgan fingerprint density at radius 3 is 2.41 bits per heavy atom. The Labute approximate surface area is 96.1 Å². The maximum Gasteiger partial charge on any atom is 0.356 e. The molecule has 0 amide bonds. The average Bonchev–Trinajstić information content (AvgIpc) is 2.29. The molecule has 0 unspecified atom stereocenters. The molecule has 1 aliphatic rings. The number of piperidine rings is 1. The van der Waals surface area contributed by atoms with Gasteiger partial charge in [-0.2, -0.15) is 0 Å². The van der Waals surface area contributed by atoms with Crippen LogP contribution in [0, 0.1) is 0 Å². The Morgan fingerprint density at radius 2 is 1.94 bits per heavy atom. The zero-order valence-electron chi connectivity index (χ0n) is 8.94. The van der Waals surface area contributed by atoms with Gasteiger partial charge in [-0.1, -0.05) is 0 Å². The molecule has 7 heteroatoms. The van der Waals surface area contributed by atoms with Gasteiger partial charge in [-0.05, 0) is 12.1 Å². The number of hydrogen-bond donors (Lipinski definition) is 1. The minimum Gasteiger partial charge on any atom is -0.476 e. The second-order valence-electron chi connectivity index (χ2n) is 3.92. The molecule has 0 aromatic carbocycles. The largest absolute Gasteiger partial charge is 0.476 e. The number of rotatable bonds is 2. The number of nitrogens with zero attached hydrogens (tertiary/aromatic N) is 3. The Kier molecular flexibility index (Phi) is 2.91.